The fourth-order valence-electron chi connectivity index (χ4n) is 5.26. The van der Waals surface area contributed by atoms with Crippen LogP contribution in [0.15, 0.2) is 64.6 Å². The van der Waals surface area contributed by atoms with Gasteiger partial charge in [-0.25, -0.2) is 14.6 Å². The van der Waals surface area contributed by atoms with Gasteiger partial charge in [-0.2, -0.15) is 10.3 Å². The van der Waals surface area contributed by atoms with Gasteiger partial charge in [-0.1, -0.05) is 24.3 Å². The van der Waals surface area contributed by atoms with Gasteiger partial charge in [0.05, 0.1) is 17.8 Å². The van der Waals surface area contributed by atoms with Gasteiger partial charge in [-0.3, -0.25) is 19.2 Å². The fraction of sp³-hybridized carbons (Fsp3) is 0.143. The minimum atomic E-state index is -0.733. The molecule has 7 rings (SSSR count). The molecule has 1 aliphatic rings. The summed E-state index contributed by atoms with van der Waals surface area (Å²) in [6.45, 7) is 0.123. The Hall–Kier alpha value is -6.12. The SMILES string of the molecule is Nc1c(-n2ncc3ccc(CNC(=O)c4cc(C(=O)N[C@H]5CCc6cc(-c7nn[nH]n7)ccc65)ncn4)cc32)c(=O)c1=O. The first-order valence-electron chi connectivity index (χ1n) is 13.2. The van der Waals surface area contributed by atoms with E-state index in [0.717, 1.165) is 28.5 Å². The molecule has 1 aliphatic carbocycles. The molecule has 0 unspecified atom stereocenters. The summed E-state index contributed by atoms with van der Waals surface area (Å²) in [4.78, 5) is 57.7. The molecular weight excluding hydrogens is 554 g/mol. The maximum atomic E-state index is 13.1. The van der Waals surface area contributed by atoms with E-state index in [0.29, 0.717) is 23.3 Å². The summed E-state index contributed by atoms with van der Waals surface area (Å²) in [6.07, 6.45) is 4.21. The quantitative estimate of drug-likeness (QED) is 0.192. The highest BCUT2D eigenvalue weighted by Crippen LogP contribution is 2.33. The number of nitrogen functional groups attached to an aromatic ring is 1. The van der Waals surface area contributed by atoms with Crippen LogP contribution in [0.25, 0.3) is 28.0 Å². The van der Waals surface area contributed by atoms with E-state index in [1.54, 1.807) is 24.4 Å². The molecule has 3 heterocycles. The maximum absolute atomic E-state index is 13.1. The number of rotatable bonds is 7. The van der Waals surface area contributed by atoms with Crippen molar-refractivity contribution in [3.63, 3.8) is 0 Å². The molecule has 0 spiro atoms. The molecule has 6 aromatic rings. The number of nitrogens with one attached hydrogen (secondary N) is 3. The topological polar surface area (TPSA) is 216 Å². The van der Waals surface area contributed by atoms with E-state index in [1.165, 1.54) is 17.1 Å². The Balaban J connectivity index is 1.02. The van der Waals surface area contributed by atoms with Gasteiger partial charge in [-0.15, -0.1) is 10.2 Å². The van der Waals surface area contributed by atoms with Gasteiger partial charge >= 0.3 is 0 Å². The number of tetrazole rings is 1. The molecule has 15 heteroatoms. The van der Waals surface area contributed by atoms with Gasteiger partial charge < -0.3 is 16.4 Å². The first-order chi connectivity index (χ1) is 20.9. The summed E-state index contributed by atoms with van der Waals surface area (Å²) in [5.74, 6) is -0.426. The number of hydrogen-bond acceptors (Lipinski definition) is 11. The Labute approximate surface area is 240 Å². The molecule has 1 atom stereocenters. The van der Waals surface area contributed by atoms with Crippen molar-refractivity contribution in [1.29, 1.82) is 0 Å². The Bertz CT molecular complexity index is 2130. The second-order valence-corrected chi connectivity index (χ2v) is 10.1. The Morgan fingerprint density at radius 3 is 2.65 bits per heavy atom. The number of nitrogens with two attached hydrogens (primary N) is 1. The summed E-state index contributed by atoms with van der Waals surface area (Å²) in [5.41, 5.74) is 8.45. The molecule has 0 radical (unpaired) electrons. The van der Waals surface area contributed by atoms with Crippen molar-refractivity contribution in [2.75, 3.05) is 5.73 Å². The van der Waals surface area contributed by atoms with Crippen molar-refractivity contribution in [3.05, 3.63) is 104 Å². The zero-order chi connectivity index (χ0) is 29.7. The van der Waals surface area contributed by atoms with Crippen LogP contribution in [-0.4, -0.2) is 52.2 Å². The monoisotopic (exact) mass is 575 g/mol. The molecule has 0 fully saturated rings. The fourth-order valence-corrected chi connectivity index (χ4v) is 5.26. The predicted molar refractivity (Wildman–Crippen MR) is 152 cm³/mol. The van der Waals surface area contributed by atoms with Gasteiger partial charge in [0.25, 0.3) is 22.7 Å². The molecule has 5 N–H and O–H groups in total. The number of aryl methyl sites for hydroxylation is 1. The largest absolute Gasteiger partial charge is 0.394 e. The molecule has 212 valence electrons. The summed E-state index contributed by atoms with van der Waals surface area (Å²) >= 11 is 0. The van der Waals surface area contributed by atoms with Crippen molar-refractivity contribution in [2.45, 2.75) is 25.4 Å². The third-order valence-electron chi connectivity index (χ3n) is 7.48. The lowest BCUT2D eigenvalue weighted by Gasteiger charge is -2.14. The zero-order valence-electron chi connectivity index (χ0n) is 22.2. The second-order valence-electron chi connectivity index (χ2n) is 10.1. The molecule has 43 heavy (non-hydrogen) atoms. The smallest absolute Gasteiger partial charge is 0.270 e. The van der Waals surface area contributed by atoms with Crippen LogP contribution in [-0.2, 0) is 13.0 Å². The summed E-state index contributed by atoms with van der Waals surface area (Å²) < 4.78 is 1.32. The molecule has 0 saturated carbocycles. The van der Waals surface area contributed by atoms with E-state index in [1.807, 2.05) is 18.2 Å². The standard InChI is InChI=1S/C28H21N11O4/c29-22-23(25(41)24(22)40)39-21-7-13(1-2-16(21)11-33-39)10-30-27(42)19-9-20(32-12-31-19)28(43)34-18-6-4-14-8-15(3-5-17(14)18)26-35-37-38-36-26/h1-3,5,7-9,11-12,18H,4,6,10,29H2,(H,30,42)(H,34,43)(H,35,36,37,38)/t18-/m0/s1. The third-order valence-corrected chi connectivity index (χ3v) is 7.48. The number of nitrogens with zero attached hydrogens (tertiary/aromatic N) is 7. The molecule has 0 aliphatic heterocycles. The number of amides is 2. The van der Waals surface area contributed by atoms with Gasteiger partial charge in [-0.05, 0) is 46.9 Å². The van der Waals surface area contributed by atoms with Crippen molar-refractivity contribution >= 4 is 28.4 Å². The number of carbonyl (C=O) groups excluding carboxylic acids is 2. The van der Waals surface area contributed by atoms with E-state index in [2.05, 4.69) is 46.3 Å². The minimum Gasteiger partial charge on any atom is -0.394 e. The Kier molecular flexibility index (Phi) is 6.04. The Morgan fingerprint density at radius 2 is 1.86 bits per heavy atom. The first kappa shape index (κ1) is 25.8. The number of anilines is 1. The number of carbonyl (C=O) groups is 2. The average Bonchev–Trinajstić information content (AvgIpc) is 3.81. The number of H-pyrrole nitrogens is 1. The molecule has 0 saturated heterocycles. The molecular formula is C28H21N11O4. The van der Waals surface area contributed by atoms with E-state index in [4.69, 9.17) is 5.73 Å². The molecule has 3 aromatic heterocycles. The second kappa shape index (κ2) is 10.1. The van der Waals surface area contributed by atoms with Crippen LogP contribution in [0, 0.1) is 0 Å². The van der Waals surface area contributed by atoms with Crippen molar-refractivity contribution in [2.24, 2.45) is 0 Å². The highest BCUT2D eigenvalue weighted by molar-refractivity contribution is 5.97. The minimum absolute atomic E-state index is 0.0272. The van der Waals surface area contributed by atoms with Crippen LogP contribution < -0.4 is 27.2 Å². The predicted octanol–water partition coefficient (Wildman–Crippen LogP) is 0.521. The van der Waals surface area contributed by atoms with Crippen LogP contribution in [0.2, 0.25) is 0 Å². The first-order valence-corrected chi connectivity index (χ1v) is 13.2. The summed E-state index contributed by atoms with van der Waals surface area (Å²) in [5, 5.41) is 24.7. The normalized spacial score (nSPS) is 14.2. The summed E-state index contributed by atoms with van der Waals surface area (Å²) in [6, 6.07) is 12.3. The number of hydrogen-bond donors (Lipinski definition) is 4. The van der Waals surface area contributed by atoms with Crippen molar-refractivity contribution in [3.8, 4) is 17.1 Å². The Morgan fingerprint density at radius 1 is 1.02 bits per heavy atom. The molecule has 2 amide bonds. The van der Waals surface area contributed by atoms with Crippen LogP contribution in [0.5, 0.6) is 0 Å². The number of fused-ring (bicyclic) bond motifs is 2. The van der Waals surface area contributed by atoms with Crippen LogP contribution in [0.1, 0.15) is 50.1 Å². The van der Waals surface area contributed by atoms with E-state index < -0.39 is 22.7 Å². The van der Waals surface area contributed by atoms with Gasteiger partial charge in [0, 0.05) is 23.6 Å². The maximum Gasteiger partial charge on any atom is 0.270 e. The lowest BCUT2D eigenvalue weighted by Crippen LogP contribution is -2.38. The van der Waals surface area contributed by atoms with Crippen LogP contribution in [0.3, 0.4) is 0 Å². The van der Waals surface area contributed by atoms with Gasteiger partial charge in [0.2, 0.25) is 5.82 Å². The van der Waals surface area contributed by atoms with E-state index >= 15 is 0 Å². The highest BCUT2D eigenvalue weighted by atomic mass is 16.2. The zero-order valence-corrected chi connectivity index (χ0v) is 22.2. The number of aromatic nitrogens is 8. The third kappa shape index (κ3) is 4.48. The van der Waals surface area contributed by atoms with Gasteiger partial charge in [0.15, 0.2) is 0 Å². The molecule has 0 bridgehead atoms. The molecule has 3 aromatic carbocycles. The number of aromatic amines is 1. The lowest BCUT2D eigenvalue weighted by atomic mass is 10.0. The summed E-state index contributed by atoms with van der Waals surface area (Å²) in [7, 11) is 0. The van der Waals surface area contributed by atoms with Crippen molar-refractivity contribution in [1.82, 2.24) is 51.0 Å². The number of benzene rings is 2. The average molecular weight is 576 g/mol. The molecule has 15 nitrogen and oxygen atoms in total. The van der Waals surface area contributed by atoms with Crippen LogP contribution >= 0.6 is 0 Å². The van der Waals surface area contributed by atoms with Crippen LogP contribution in [0.4, 0.5) is 5.69 Å². The van der Waals surface area contributed by atoms with Gasteiger partial charge in [0.1, 0.15) is 29.1 Å². The van der Waals surface area contributed by atoms with Crippen molar-refractivity contribution < 1.29 is 9.59 Å². The van der Waals surface area contributed by atoms with E-state index in [9.17, 15) is 19.2 Å². The lowest BCUT2D eigenvalue weighted by molar-refractivity contribution is 0.0931. The highest BCUT2D eigenvalue weighted by Gasteiger charge is 2.26. The van der Waals surface area contributed by atoms with E-state index in [-0.39, 0.29) is 35.3 Å².